The SMILES string of the molecule is CCc1nn(C)cc1C(=O)NCc1ccccc1O. The number of aryl methyl sites for hydroxylation is 2. The number of aromatic nitrogens is 2. The van der Waals surface area contributed by atoms with Crippen LogP contribution >= 0.6 is 0 Å². The Morgan fingerprint density at radius 1 is 1.42 bits per heavy atom. The lowest BCUT2D eigenvalue weighted by Gasteiger charge is -2.06. The largest absolute Gasteiger partial charge is 0.508 e. The van der Waals surface area contributed by atoms with Crippen LogP contribution in [0, 0.1) is 0 Å². The standard InChI is InChI=1S/C14H17N3O2/c1-3-12-11(9-17(2)16-12)14(19)15-8-10-6-4-5-7-13(10)18/h4-7,9,18H,3,8H2,1-2H3,(H,15,19). The van der Waals surface area contributed by atoms with Crippen molar-refractivity contribution in [3.63, 3.8) is 0 Å². The van der Waals surface area contributed by atoms with Crippen LogP contribution in [0.3, 0.4) is 0 Å². The van der Waals surface area contributed by atoms with Crippen molar-refractivity contribution in [2.24, 2.45) is 7.05 Å². The monoisotopic (exact) mass is 259 g/mol. The Kier molecular flexibility index (Phi) is 3.85. The lowest BCUT2D eigenvalue weighted by molar-refractivity contribution is 0.0950. The van der Waals surface area contributed by atoms with Crippen molar-refractivity contribution in [2.45, 2.75) is 19.9 Å². The molecule has 100 valence electrons. The molecule has 0 aliphatic carbocycles. The van der Waals surface area contributed by atoms with Gasteiger partial charge in [0.2, 0.25) is 0 Å². The molecule has 2 N–H and O–H groups in total. The average molecular weight is 259 g/mol. The zero-order valence-electron chi connectivity index (χ0n) is 11.1. The van der Waals surface area contributed by atoms with Crippen LogP contribution in [-0.4, -0.2) is 20.8 Å². The number of phenols is 1. The van der Waals surface area contributed by atoms with Crippen molar-refractivity contribution in [3.8, 4) is 5.75 Å². The molecule has 1 amide bonds. The fraction of sp³-hybridized carbons (Fsp3) is 0.286. The van der Waals surface area contributed by atoms with Crippen LogP contribution in [0.15, 0.2) is 30.5 Å². The van der Waals surface area contributed by atoms with Gasteiger partial charge in [0.15, 0.2) is 0 Å². The molecule has 0 fully saturated rings. The van der Waals surface area contributed by atoms with Crippen molar-refractivity contribution in [2.75, 3.05) is 0 Å². The fourth-order valence-corrected chi connectivity index (χ4v) is 1.92. The molecule has 0 spiro atoms. The van der Waals surface area contributed by atoms with Crippen molar-refractivity contribution in [1.82, 2.24) is 15.1 Å². The Balaban J connectivity index is 2.07. The predicted octanol–water partition coefficient (Wildman–Crippen LogP) is 1.62. The highest BCUT2D eigenvalue weighted by molar-refractivity contribution is 5.95. The van der Waals surface area contributed by atoms with Crippen LogP contribution in [0.1, 0.15) is 28.5 Å². The van der Waals surface area contributed by atoms with E-state index in [9.17, 15) is 9.90 Å². The Morgan fingerprint density at radius 2 is 2.16 bits per heavy atom. The lowest BCUT2D eigenvalue weighted by Crippen LogP contribution is -2.23. The second kappa shape index (κ2) is 5.56. The van der Waals surface area contributed by atoms with Crippen LogP contribution in [-0.2, 0) is 20.0 Å². The van der Waals surface area contributed by atoms with E-state index < -0.39 is 0 Å². The van der Waals surface area contributed by atoms with Crippen LogP contribution in [0.5, 0.6) is 5.75 Å². The highest BCUT2D eigenvalue weighted by atomic mass is 16.3. The minimum absolute atomic E-state index is 0.173. The Hall–Kier alpha value is -2.30. The van der Waals surface area contributed by atoms with Crippen LogP contribution in [0.25, 0.3) is 0 Å². The molecule has 2 rings (SSSR count). The van der Waals surface area contributed by atoms with E-state index in [1.165, 1.54) is 0 Å². The second-order valence-electron chi connectivity index (χ2n) is 4.33. The van der Waals surface area contributed by atoms with Crippen molar-refractivity contribution in [3.05, 3.63) is 47.3 Å². The summed E-state index contributed by atoms with van der Waals surface area (Å²) in [6, 6.07) is 6.95. The topological polar surface area (TPSA) is 67.2 Å². The Bertz CT molecular complexity index is 590. The molecule has 0 saturated heterocycles. The van der Waals surface area contributed by atoms with Gasteiger partial charge in [-0.05, 0) is 12.5 Å². The molecule has 2 aromatic rings. The number of nitrogens with zero attached hydrogens (tertiary/aromatic N) is 2. The van der Waals surface area contributed by atoms with E-state index in [4.69, 9.17) is 0 Å². The first-order valence-corrected chi connectivity index (χ1v) is 6.19. The normalized spacial score (nSPS) is 10.4. The molecule has 5 nitrogen and oxygen atoms in total. The molecule has 1 aromatic carbocycles. The van der Waals surface area contributed by atoms with Gasteiger partial charge >= 0.3 is 0 Å². The number of rotatable bonds is 4. The maximum Gasteiger partial charge on any atom is 0.255 e. The predicted molar refractivity (Wildman–Crippen MR) is 71.9 cm³/mol. The van der Waals surface area contributed by atoms with Crippen LogP contribution < -0.4 is 5.32 Å². The summed E-state index contributed by atoms with van der Waals surface area (Å²) in [7, 11) is 1.79. The molecular formula is C14H17N3O2. The summed E-state index contributed by atoms with van der Waals surface area (Å²) in [5, 5.41) is 16.7. The van der Waals surface area contributed by atoms with Crippen molar-refractivity contribution < 1.29 is 9.90 Å². The van der Waals surface area contributed by atoms with Crippen LogP contribution in [0.4, 0.5) is 0 Å². The molecule has 0 unspecified atom stereocenters. The third-order valence-corrected chi connectivity index (χ3v) is 2.92. The number of nitrogens with one attached hydrogen (secondary N) is 1. The number of phenolic OH excluding ortho intramolecular Hbond substituents is 1. The summed E-state index contributed by atoms with van der Waals surface area (Å²) in [4.78, 5) is 12.1. The van der Waals surface area contributed by atoms with E-state index in [2.05, 4.69) is 10.4 Å². The molecule has 1 aromatic heterocycles. The van der Waals surface area contributed by atoms with E-state index in [0.717, 1.165) is 5.69 Å². The van der Waals surface area contributed by atoms with E-state index in [0.29, 0.717) is 24.1 Å². The van der Waals surface area contributed by atoms with Gasteiger partial charge in [0.25, 0.3) is 5.91 Å². The summed E-state index contributed by atoms with van der Waals surface area (Å²) in [6.07, 6.45) is 2.42. The van der Waals surface area contributed by atoms with E-state index >= 15 is 0 Å². The summed E-state index contributed by atoms with van der Waals surface area (Å²) in [6.45, 7) is 2.26. The Morgan fingerprint density at radius 3 is 2.84 bits per heavy atom. The van der Waals surface area contributed by atoms with Gasteiger partial charge in [0.05, 0.1) is 11.3 Å². The average Bonchev–Trinajstić information content (AvgIpc) is 2.79. The third kappa shape index (κ3) is 2.93. The van der Waals surface area contributed by atoms with Gasteiger partial charge in [-0.3, -0.25) is 9.48 Å². The zero-order valence-corrected chi connectivity index (χ0v) is 11.1. The quantitative estimate of drug-likeness (QED) is 0.876. The smallest absolute Gasteiger partial charge is 0.255 e. The summed E-state index contributed by atoms with van der Waals surface area (Å²) in [5.41, 5.74) is 2.05. The lowest BCUT2D eigenvalue weighted by atomic mass is 10.1. The fourth-order valence-electron chi connectivity index (χ4n) is 1.92. The molecule has 0 bridgehead atoms. The number of benzene rings is 1. The highest BCUT2D eigenvalue weighted by Crippen LogP contribution is 2.15. The first-order chi connectivity index (χ1) is 9.11. The van der Waals surface area contributed by atoms with E-state index in [1.54, 1.807) is 36.1 Å². The number of carbonyl (C=O) groups is 1. The molecule has 19 heavy (non-hydrogen) atoms. The molecule has 0 aliphatic rings. The molecule has 1 heterocycles. The molecular weight excluding hydrogens is 242 g/mol. The first kappa shape index (κ1) is 13.1. The van der Waals surface area contributed by atoms with Gasteiger partial charge in [0, 0.05) is 25.4 Å². The second-order valence-corrected chi connectivity index (χ2v) is 4.33. The number of aromatic hydroxyl groups is 1. The van der Waals surface area contributed by atoms with E-state index in [-0.39, 0.29) is 11.7 Å². The molecule has 5 heteroatoms. The van der Waals surface area contributed by atoms with Crippen LogP contribution in [0.2, 0.25) is 0 Å². The Labute approximate surface area is 111 Å². The minimum Gasteiger partial charge on any atom is -0.508 e. The molecule has 0 radical (unpaired) electrons. The van der Waals surface area contributed by atoms with Crippen molar-refractivity contribution >= 4 is 5.91 Å². The van der Waals surface area contributed by atoms with Crippen molar-refractivity contribution in [1.29, 1.82) is 0 Å². The van der Waals surface area contributed by atoms with Gasteiger partial charge in [-0.2, -0.15) is 5.10 Å². The molecule has 0 saturated carbocycles. The number of hydrogen-bond donors (Lipinski definition) is 2. The number of carbonyl (C=O) groups excluding carboxylic acids is 1. The summed E-state index contributed by atoms with van der Waals surface area (Å²) >= 11 is 0. The van der Waals surface area contributed by atoms with Gasteiger partial charge in [-0.1, -0.05) is 25.1 Å². The molecule has 0 atom stereocenters. The van der Waals surface area contributed by atoms with E-state index in [1.807, 2.05) is 13.0 Å². The number of hydrogen-bond acceptors (Lipinski definition) is 3. The zero-order chi connectivity index (χ0) is 13.8. The highest BCUT2D eigenvalue weighted by Gasteiger charge is 2.14. The minimum atomic E-state index is -0.173. The van der Waals surface area contributed by atoms with Gasteiger partial charge in [0.1, 0.15) is 5.75 Å². The van der Waals surface area contributed by atoms with Gasteiger partial charge < -0.3 is 10.4 Å². The summed E-state index contributed by atoms with van der Waals surface area (Å²) < 4.78 is 1.63. The summed E-state index contributed by atoms with van der Waals surface area (Å²) in [5.74, 6) is 0.0119. The number of amides is 1. The van der Waals surface area contributed by atoms with Gasteiger partial charge in [-0.15, -0.1) is 0 Å². The maximum absolute atomic E-state index is 12.1. The number of para-hydroxylation sites is 1. The maximum atomic E-state index is 12.1. The third-order valence-electron chi connectivity index (χ3n) is 2.92. The van der Waals surface area contributed by atoms with Gasteiger partial charge in [-0.25, -0.2) is 0 Å². The first-order valence-electron chi connectivity index (χ1n) is 6.19. The molecule has 0 aliphatic heterocycles.